The number of nitrogens with two attached hydrogens (primary N) is 1. The van der Waals surface area contributed by atoms with Crippen LogP contribution in [0, 0.1) is 27.7 Å². The van der Waals surface area contributed by atoms with E-state index >= 15 is 0 Å². The minimum Gasteiger partial charge on any atom is -0.744 e. The molecule has 0 aliphatic carbocycles. The Labute approximate surface area is 182 Å². The third-order valence-corrected chi connectivity index (χ3v) is 5.97. The van der Waals surface area contributed by atoms with Gasteiger partial charge in [0.25, 0.3) is 0 Å². The zero-order valence-electron chi connectivity index (χ0n) is 17.6. The van der Waals surface area contributed by atoms with Crippen molar-refractivity contribution in [2.45, 2.75) is 32.6 Å². The Bertz CT molecular complexity index is 1130. The lowest BCUT2D eigenvalue weighted by atomic mass is 10.1. The molecular weight excluding hydrogens is 424 g/mol. The predicted octanol–water partition coefficient (Wildman–Crippen LogP) is 3.84. The lowest BCUT2D eigenvalue weighted by Crippen LogP contribution is -2.46. The van der Waals surface area contributed by atoms with Crippen molar-refractivity contribution in [1.29, 1.82) is 0 Å². The van der Waals surface area contributed by atoms with Gasteiger partial charge >= 0.3 is 0 Å². The normalized spacial score (nSPS) is 10.9. The molecule has 8 heteroatoms. The Hall–Kier alpha value is -2.61. The number of methoxy groups -OCH3 is 1. The summed E-state index contributed by atoms with van der Waals surface area (Å²) in [5.74, 6) is 6.65. The molecule has 0 atom stereocenters. The summed E-state index contributed by atoms with van der Waals surface area (Å²) in [5.41, 5.74) is 4.87. The average Bonchev–Trinajstić information content (AvgIpc) is 2.61. The van der Waals surface area contributed by atoms with Crippen LogP contribution in [0.25, 0.3) is 11.3 Å². The second kappa shape index (κ2) is 9.47. The number of ether oxygens (including phenoxy) is 1. The number of halogens is 1. The zero-order chi connectivity index (χ0) is 22.6. The van der Waals surface area contributed by atoms with Gasteiger partial charge in [-0.05, 0) is 63.1 Å². The van der Waals surface area contributed by atoms with Crippen LogP contribution >= 0.6 is 11.6 Å². The van der Waals surface area contributed by atoms with Crippen molar-refractivity contribution in [3.8, 4) is 17.0 Å². The van der Waals surface area contributed by atoms with Crippen LogP contribution in [0.4, 0.5) is 0 Å². The van der Waals surface area contributed by atoms with Gasteiger partial charge in [0.1, 0.15) is 15.9 Å². The molecule has 0 unspecified atom stereocenters. The van der Waals surface area contributed by atoms with Crippen molar-refractivity contribution in [3.05, 3.63) is 75.9 Å². The number of rotatable bonds is 3. The van der Waals surface area contributed by atoms with Crippen molar-refractivity contribution >= 4 is 21.7 Å². The van der Waals surface area contributed by atoms with Crippen molar-refractivity contribution in [2.24, 2.45) is 0 Å². The van der Waals surface area contributed by atoms with Crippen molar-refractivity contribution < 1.29 is 22.4 Å². The van der Waals surface area contributed by atoms with Crippen molar-refractivity contribution in [3.63, 3.8) is 0 Å². The molecule has 0 radical (unpaired) electrons. The highest BCUT2D eigenvalue weighted by atomic mass is 35.5. The SMILES string of the molecule is COc1ccc(-c2c(C)ccc[n+]2N)c(Cl)c1.Cc1cc(C)c(S(=O)(=O)[O-])c(C)c1. The van der Waals surface area contributed by atoms with E-state index in [4.69, 9.17) is 22.2 Å². The topological polar surface area (TPSA) is 96.3 Å². The molecule has 1 aromatic heterocycles. The summed E-state index contributed by atoms with van der Waals surface area (Å²) in [6.07, 6.45) is 1.79. The number of aromatic nitrogens is 1. The van der Waals surface area contributed by atoms with Crippen LogP contribution in [0.15, 0.2) is 53.6 Å². The highest BCUT2D eigenvalue weighted by molar-refractivity contribution is 7.85. The lowest BCUT2D eigenvalue weighted by molar-refractivity contribution is -0.627. The summed E-state index contributed by atoms with van der Waals surface area (Å²) in [6, 6.07) is 12.8. The number of nitrogens with zero attached hydrogens (tertiary/aromatic N) is 1. The van der Waals surface area contributed by atoms with Gasteiger partial charge in [0, 0.05) is 11.6 Å². The predicted molar refractivity (Wildman–Crippen MR) is 117 cm³/mol. The summed E-state index contributed by atoms with van der Waals surface area (Å²) < 4.78 is 39.2. The van der Waals surface area contributed by atoms with Crippen LogP contribution in [0.1, 0.15) is 22.3 Å². The Morgan fingerprint density at radius 3 is 2.07 bits per heavy atom. The van der Waals surface area contributed by atoms with Gasteiger partial charge in [-0.25, -0.2) is 14.3 Å². The maximum absolute atomic E-state index is 10.8. The molecule has 6 nitrogen and oxygen atoms in total. The van der Waals surface area contributed by atoms with E-state index in [-0.39, 0.29) is 4.90 Å². The van der Waals surface area contributed by atoms with Gasteiger partial charge in [0.2, 0.25) is 5.69 Å². The third kappa shape index (κ3) is 5.50. The molecule has 160 valence electrons. The highest BCUT2D eigenvalue weighted by Crippen LogP contribution is 2.30. The van der Waals surface area contributed by atoms with E-state index in [1.807, 2.05) is 38.1 Å². The van der Waals surface area contributed by atoms with E-state index < -0.39 is 10.1 Å². The molecule has 3 rings (SSSR count). The van der Waals surface area contributed by atoms with Gasteiger partial charge in [-0.15, -0.1) is 0 Å². The molecule has 0 bridgehead atoms. The van der Waals surface area contributed by atoms with Crippen molar-refractivity contribution in [2.75, 3.05) is 13.0 Å². The minimum absolute atomic E-state index is 0.0851. The first-order valence-electron chi connectivity index (χ1n) is 9.09. The maximum atomic E-state index is 10.8. The first-order valence-corrected chi connectivity index (χ1v) is 10.9. The zero-order valence-corrected chi connectivity index (χ0v) is 19.1. The quantitative estimate of drug-likeness (QED) is 0.373. The molecule has 0 aliphatic heterocycles. The first-order chi connectivity index (χ1) is 14.0. The van der Waals surface area contributed by atoms with Crippen LogP contribution in [0.3, 0.4) is 0 Å². The smallest absolute Gasteiger partial charge is 0.246 e. The van der Waals surface area contributed by atoms with Crippen LogP contribution in [0.2, 0.25) is 5.02 Å². The molecule has 0 saturated heterocycles. The van der Waals surface area contributed by atoms with E-state index in [9.17, 15) is 13.0 Å². The fourth-order valence-electron chi connectivity index (χ4n) is 3.36. The van der Waals surface area contributed by atoms with Crippen LogP contribution < -0.4 is 15.3 Å². The molecule has 0 saturated carbocycles. The summed E-state index contributed by atoms with van der Waals surface area (Å²) in [4.78, 5) is -0.0851. The number of pyridine rings is 1. The minimum atomic E-state index is -4.33. The van der Waals surface area contributed by atoms with E-state index in [1.54, 1.807) is 50.0 Å². The van der Waals surface area contributed by atoms with Gasteiger partial charge in [-0.2, -0.15) is 0 Å². The van der Waals surface area contributed by atoms with Crippen molar-refractivity contribution in [1.82, 2.24) is 0 Å². The molecule has 0 spiro atoms. The largest absolute Gasteiger partial charge is 0.744 e. The van der Waals surface area contributed by atoms with Gasteiger partial charge in [0.15, 0.2) is 6.20 Å². The highest BCUT2D eigenvalue weighted by Gasteiger charge is 2.17. The third-order valence-electron chi connectivity index (χ3n) is 4.51. The molecule has 2 aromatic carbocycles. The molecular formula is C22H25ClN2O4S. The number of hydrogen-bond donors (Lipinski definition) is 1. The van der Waals surface area contributed by atoms with E-state index in [0.29, 0.717) is 16.1 Å². The Balaban J connectivity index is 0.000000222. The summed E-state index contributed by atoms with van der Waals surface area (Å²) >= 11 is 6.24. The first kappa shape index (κ1) is 23.7. The van der Waals surface area contributed by atoms with Crippen LogP contribution in [-0.2, 0) is 10.1 Å². The summed E-state index contributed by atoms with van der Waals surface area (Å²) in [5, 5.41) is 0.623. The Kier molecular flexibility index (Phi) is 7.47. The summed E-state index contributed by atoms with van der Waals surface area (Å²) in [7, 11) is -2.72. The number of aryl methyl sites for hydroxylation is 4. The van der Waals surface area contributed by atoms with Gasteiger partial charge in [-0.3, -0.25) is 0 Å². The molecule has 0 fully saturated rings. The number of benzene rings is 2. The van der Waals surface area contributed by atoms with Gasteiger partial charge in [-0.1, -0.05) is 34.0 Å². The summed E-state index contributed by atoms with van der Waals surface area (Å²) in [6.45, 7) is 7.12. The molecule has 0 amide bonds. The molecule has 2 N–H and O–H groups in total. The van der Waals surface area contributed by atoms with E-state index in [2.05, 4.69) is 0 Å². The Morgan fingerprint density at radius 1 is 1.00 bits per heavy atom. The average molecular weight is 449 g/mol. The van der Waals surface area contributed by atoms with Gasteiger partial charge in [0.05, 0.1) is 22.6 Å². The van der Waals surface area contributed by atoms with Crippen LogP contribution in [-0.4, -0.2) is 20.1 Å². The Morgan fingerprint density at radius 2 is 1.60 bits per heavy atom. The fraction of sp³-hybridized carbons (Fsp3) is 0.227. The second-order valence-corrected chi connectivity index (χ2v) is 8.70. The molecule has 1 heterocycles. The van der Waals surface area contributed by atoms with E-state index in [1.165, 1.54) is 0 Å². The number of nitrogen functional groups attached to an aromatic ring is 1. The molecule has 3 aromatic rings. The standard InChI is InChI=1S/C13H14ClN2O.C9H12O3S/c1-9-4-3-7-16(15)13(9)11-6-5-10(17-2)8-12(11)14;1-6-4-7(2)9(8(3)5-6)13(10,11)12/h3-8H,15H2,1-2H3;4-5H,1-3H3,(H,10,11,12)/q+1;/p-1. The number of hydrogen-bond acceptors (Lipinski definition) is 5. The fourth-order valence-corrected chi connectivity index (χ4v) is 4.53. The maximum Gasteiger partial charge on any atom is 0.246 e. The van der Waals surface area contributed by atoms with E-state index in [0.717, 1.165) is 28.1 Å². The monoisotopic (exact) mass is 448 g/mol. The molecule has 0 aliphatic rings. The van der Waals surface area contributed by atoms with Crippen LogP contribution in [0.5, 0.6) is 5.75 Å². The lowest BCUT2D eigenvalue weighted by Gasteiger charge is -2.14. The van der Waals surface area contributed by atoms with Gasteiger partial charge < -0.3 is 9.29 Å². The second-order valence-electron chi connectivity index (χ2n) is 6.97. The molecule has 30 heavy (non-hydrogen) atoms.